The highest BCUT2D eigenvalue weighted by Gasteiger charge is 2.15. The Balaban J connectivity index is 4.03. The molecule has 1 N–H and O–H groups in total. The number of hydrogen-bond acceptors (Lipinski definition) is 3. The molecule has 0 saturated heterocycles. The van der Waals surface area contributed by atoms with Gasteiger partial charge in [0.2, 0.25) is 0 Å². The minimum Gasteiger partial charge on any atom is -0.481 e. The van der Waals surface area contributed by atoms with Crippen LogP contribution in [0.15, 0.2) is 0 Å². The minimum absolute atomic E-state index is 0.0150. The fourth-order valence-corrected chi connectivity index (χ4v) is 3.02. The molecule has 0 heterocycles. The molecule has 0 bridgehead atoms. The second-order valence-electron chi connectivity index (χ2n) is 7.12. The summed E-state index contributed by atoms with van der Waals surface area (Å²) < 4.78 is 5.55. The third-order valence-electron chi connectivity index (χ3n) is 4.60. The van der Waals surface area contributed by atoms with Crippen LogP contribution in [-0.2, 0) is 14.3 Å². The lowest BCUT2D eigenvalue weighted by atomic mass is 10.0. The van der Waals surface area contributed by atoms with Gasteiger partial charge in [-0.25, -0.2) is 0 Å². The Hall–Kier alpha value is -1.06. The number of unbranched alkanes of at least 4 members (excludes halogenated alkanes) is 10. The van der Waals surface area contributed by atoms with Crippen molar-refractivity contribution in [3.8, 4) is 0 Å². The largest absolute Gasteiger partial charge is 0.481 e. The second-order valence-corrected chi connectivity index (χ2v) is 7.12. The van der Waals surface area contributed by atoms with E-state index in [1.165, 1.54) is 64.2 Å². The fourth-order valence-electron chi connectivity index (χ4n) is 3.02. The lowest BCUT2D eigenvalue weighted by Gasteiger charge is -2.18. The Labute approximate surface area is 154 Å². The Morgan fingerprint density at radius 3 is 1.60 bits per heavy atom. The zero-order valence-electron chi connectivity index (χ0n) is 16.6. The first-order chi connectivity index (χ1) is 12.1. The average Bonchev–Trinajstić information content (AvgIpc) is 2.58. The van der Waals surface area contributed by atoms with Crippen molar-refractivity contribution in [3.05, 3.63) is 0 Å². The number of carboxylic acids is 1. The Kier molecular flexibility index (Phi) is 17.0. The predicted molar refractivity (Wildman–Crippen MR) is 103 cm³/mol. The van der Waals surface area contributed by atoms with Crippen LogP contribution in [0.3, 0.4) is 0 Å². The van der Waals surface area contributed by atoms with Crippen molar-refractivity contribution in [2.45, 2.75) is 123 Å². The monoisotopic (exact) mass is 356 g/mol. The summed E-state index contributed by atoms with van der Waals surface area (Å²) in [6, 6.07) is 0. The topological polar surface area (TPSA) is 63.6 Å². The first-order valence-electron chi connectivity index (χ1n) is 10.5. The second kappa shape index (κ2) is 17.8. The van der Waals surface area contributed by atoms with Crippen molar-refractivity contribution in [3.63, 3.8) is 0 Å². The molecular weight excluding hydrogens is 316 g/mol. The van der Waals surface area contributed by atoms with Gasteiger partial charge in [0.25, 0.3) is 0 Å². The van der Waals surface area contributed by atoms with Crippen molar-refractivity contribution < 1.29 is 19.4 Å². The first-order valence-corrected chi connectivity index (χ1v) is 10.5. The highest BCUT2D eigenvalue weighted by molar-refractivity contribution is 5.76. The molecule has 0 saturated carbocycles. The maximum atomic E-state index is 11.8. The van der Waals surface area contributed by atoms with Gasteiger partial charge in [-0.1, -0.05) is 78.1 Å². The summed E-state index contributed by atoms with van der Waals surface area (Å²) in [4.78, 5) is 22.4. The summed E-state index contributed by atoms with van der Waals surface area (Å²) in [6.45, 7) is 4.43. The van der Waals surface area contributed by atoms with Crippen molar-refractivity contribution in [2.24, 2.45) is 0 Å². The van der Waals surface area contributed by atoms with Crippen molar-refractivity contribution in [2.75, 3.05) is 0 Å². The van der Waals surface area contributed by atoms with Crippen LogP contribution in [-0.4, -0.2) is 23.1 Å². The Morgan fingerprint density at radius 2 is 1.16 bits per heavy atom. The van der Waals surface area contributed by atoms with E-state index in [1.807, 2.05) is 0 Å². The van der Waals surface area contributed by atoms with E-state index in [1.54, 1.807) is 0 Å². The van der Waals surface area contributed by atoms with Gasteiger partial charge < -0.3 is 9.84 Å². The van der Waals surface area contributed by atoms with E-state index < -0.39 is 5.97 Å². The third kappa shape index (κ3) is 17.6. The van der Waals surface area contributed by atoms with Crippen LogP contribution in [0.5, 0.6) is 0 Å². The van der Waals surface area contributed by atoms with Gasteiger partial charge in [-0.2, -0.15) is 0 Å². The molecule has 0 aromatic rings. The predicted octanol–water partition coefficient (Wildman–Crippen LogP) is 6.26. The van der Waals surface area contributed by atoms with Crippen molar-refractivity contribution >= 4 is 11.9 Å². The Morgan fingerprint density at radius 1 is 0.720 bits per heavy atom. The van der Waals surface area contributed by atoms with Crippen molar-refractivity contribution in [1.82, 2.24) is 0 Å². The molecule has 0 aliphatic heterocycles. The van der Waals surface area contributed by atoms with Gasteiger partial charge in [-0.15, -0.1) is 0 Å². The molecule has 0 aliphatic carbocycles. The average molecular weight is 357 g/mol. The highest BCUT2D eigenvalue weighted by Crippen LogP contribution is 2.17. The Bertz CT molecular complexity index is 312. The number of carboxylic acid groups (broad SMARTS) is 1. The zero-order valence-corrected chi connectivity index (χ0v) is 16.6. The van der Waals surface area contributed by atoms with E-state index in [-0.39, 0.29) is 24.9 Å². The summed E-state index contributed by atoms with van der Waals surface area (Å²) in [5.74, 6) is -1.30. The van der Waals surface area contributed by atoms with Crippen LogP contribution >= 0.6 is 0 Å². The molecule has 0 aliphatic rings. The standard InChI is InChI=1S/C21H40O4/c1-3-5-7-9-11-13-15-19(16-14-12-10-8-6-4-2)25-21(24)18-17-20(22)23/h19H,3-18H2,1-2H3,(H,22,23). The zero-order chi connectivity index (χ0) is 18.8. The molecule has 0 radical (unpaired) electrons. The van der Waals surface area contributed by atoms with Gasteiger partial charge in [-0.3, -0.25) is 9.59 Å². The van der Waals surface area contributed by atoms with E-state index in [9.17, 15) is 9.59 Å². The quantitative estimate of drug-likeness (QED) is 0.232. The number of esters is 1. The molecule has 25 heavy (non-hydrogen) atoms. The van der Waals surface area contributed by atoms with E-state index in [0.29, 0.717) is 0 Å². The fraction of sp³-hybridized carbons (Fsp3) is 0.905. The molecule has 0 amide bonds. The number of aliphatic carboxylic acids is 1. The van der Waals surface area contributed by atoms with E-state index >= 15 is 0 Å². The maximum absolute atomic E-state index is 11.8. The smallest absolute Gasteiger partial charge is 0.306 e. The molecule has 0 aromatic heterocycles. The van der Waals surface area contributed by atoms with Gasteiger partial charge in [0.05, 0.1) is 12.8 Å². The van der Waals surface area contributed by atoms with Crippen LogP contribution in [0.4, 0.5) is 0 Å². The number of carbonyl (C=O) groups is 2. The third-order valence-corrected chi connectivity index (χ3v) is 4.60. The van der Waals surface area contributed by atoms with Gasteiger partial charge in [0.15, 0.2) is 0 Å². The van der Waals surface area contributed by atoms with Crippen LogP contribution in [0, 0.1) is 0 Å². The molecule has 148 valence electrons. The van der Waals surface area contributed by atoms with Gasteiger partial charge in [0, 0.05) is 0 Å². The van der Waals surface area contributed by atoms with Crippen LogP contribution < -0.4 is 0 Å². The molecule has 0 spiro atoms. The van der Waals surface area contributed by atoms with Gasteiger partial charge in [-0.05, 0) is 25.7 Å². The summed E-state index contributed by atoms with van der Waals surface area (Å²) >= 11 is 0. The van der Waals surface area contributed by atoms with E-state index in [0.717, 1.165) is 25.7 Å². The molecule has 4 heteroatoms. The lowest BCUT2D eigenvalue weighted by molar-refractivity contribution is -0.152. The highest BCUT2D eigenvalue weighted by atomic mass is 16.5. The summed E-state index contributed by atoms with van der Waals surface area (Å²) in [5.41, 5.74) is 0. The molecular formula is C21H40O4. The molecule has 0 unspecified atom stereocenters. The summed E-state index contributed by atoms with van der Waals surface area (Å²) in [7, 11) is 0. The van der Waals surface area contributed by atoms with Crippen LogP contribution in [0.2, 0.25) is 0 Å². The van der Waals surface area contributed by atoms with Gasteiger partial charge >= 0.3 is 11.9 Å². The summed E-state index contributed by atoms with van der Waals surface area (Å²) in [5, 5.41) is 8.68. The van der Waals surface area contributed by atoms with Crippen molar-refractivity contribution in [1.29, 1.82) is 0 Å². The normalized spacial score (nSPS) is 11.0. The minimum atomic E-state index is -0.944. The number of carbonyl (C=O) groups excluding carboxylic acids is 1. The number of rotatable bonds is 18. The SMILES string of the molecule is CCCCCCCCC(CCCCCCCC)OC(=O)CCC(=O)O. The molecule has 0 atom stereocenters. The lowest BCUT2D eigenvalue weighted by Crippen LogP contribution is -2.19. The first kappa shape index (κ1) is 23.9. The van der Waals surface area contributed by atoms with Crippen LogP contribution in [0.1, 0.15) is 117 Å². The van der Waals surface area contributed by atoms with E-state index in [4.69, 9.17) is 9.84 Å². The summed E-state index contributed by atoms with van der Waals surface area (Å²) in [6.07, 6.45) is 16.4. The molecule has 0 fully saturated rings. The number of ether oxygens (including phenoxy) is 1. The number of hydrogen-bond donors (Lipinski definition) is 1. The van der Waals surface area contributed by atoms with E-state index in [2.05, 4.69) is 13.8 Å². The molecule has 4 nitrogen and oxygen atoms in total. The van der Waals surface area contributed by atoms with Gasteiger partial charge in [0.1, 0.15) is 6.10 Å². The molecule has 0 aromatic carbocycles. The molecule has 0 rings (SSSR count). The van der Waals surface area contributed by atoms with Crippen LogP contribution in [0.25, 0.3) is 0 Å². The maximum Gasteiger partial charge on any atom is 0.306 e.